The largest absolute Gasteiger partial charge is 0.573 e. The van der Waals surface area contributed by atoms with Gasteiger partial charge in [-0.1, -0.05) is 25.0 Å². The molecule has 2 N–H and O–H groups in total. The summed E-state index contributed by atoms with van der Waals surface area (Å²) in [6.45, 7) is 2.68. The molecule has 0 radical (unpaired) electrons. The van der Waals surface area contributed by atoms with Gasteiger partial charge in [0.25, 0.3) is 0 Å². The molecule has 1 aliphatic carbocycles. The van der Waals surface area contributed by atoms with E-state index in [2.05, 4.69) is 15.0 Å². The molecule has 3 atom stereocenters. The van der Waals surface area contributed by atoms with Crippen molar-refractivity contribution in [1.82, 2.24) is 10.2 Å². The van der Waals surface area contributed by atoms with Crippen molar-refractivity contribution in [1.29, 1.82) is 0 Å². The lowest BCUT2D eigenvalue weighted by atomic mass is 9.74. The number of aliphatic hydroxyl groups is 1. The van der Waals surface area contributed by atoms with E-state index in [9.17, 15) is 18.3 Å². The van der Waals surface area contributed by atoms with Crippen LogP contribution in [0.4, 0.5) is 13.2 Å². The molecule has 2 fully saturated rings. The molecule has 1 aromatic rings. The van der Waals surface area contributed by atoms with Crippen molar-refractivity contribution in [2.24, 2.45) is 5.92 Å². The van der Waals surface area contributed by atoms with Crippen LogP contribution in [0.3, 0.4) is 0 Å². The smallest absolute Gasteiger partial charge is 0.406 e. The first kappa shape index (κ1) is 21.4. The number of hydrogen-bond acceptors (Lipinski definition) is 4. The zero-order valence-electron chi connectivity index (χ0n) is 16.4. The Morgan fingerprint density at radius 3 is 2.54 bits per heavy atom. The maximum absolute atomic E-state index is 12.7. The van der Waals surface area contributed by atoms with Gasteiger partial charge in [0.1, 0.15) is 5.75 Å². The SMILES string of the molecule is CNC1CCN(C[C@H](c2cccc(OC(F)(F)F)c2)C2CCCCC2O)CC1. The molecule has 1 aliphatic heterocycles. The number of piperidine rings is 1. The molecule has 1 saturated carbocycles. The number of alkyl halides is 3. The van der Waals surface area contributed by atoms with Gasteiger partial charge in [0.2, 0.25) is 0 Å². The topological polar surface area (TPSA) is 44.7 Å². The summed E-state index contributed by atoms with van der Waals surface area (Å²) in [5.74, 6) is -0.121. The van der Waals surface area contributed by atoms with E-state index >= 15 is 0 Å². The first-order valence-electron chi connectivity index (χ1n) is 10.3. The van der Waals surface area contributed by atoms with E-state index in [0.29, 0.717) is 6.04 Å². The minimum Gasteiger partial charge on any atom is -0.406 e. The second-order valence-electron chi connectivity index (χ2n) is 8.11. The third kappa shape index (κ3) is 5.84. The Balaban J connectivity index is 1.79. The minimum absolute atomic E-state index is 0.00165. The number of rotatable bonds is 6. The van der Waals surface area contributed by atoms with Crippen molar-refractivity contribution in [2.75, 3.05) is 26.7 Å². The molecule has 0 amide bonds. The Morgan fingerprint density at radius 2 is 1.89 bits per heavy atom. The number of aliphatic hydroxyl groups excluding tert-OH is 1. The van der Waals surface area contributed by atoms with Crippen molar-refractivity contribution < 1.29 is 23.0 Å². The maximum Gasteiger partial charge on any atom is 0.573 e. The van der Waals surface area contributed by atoms with Gasteiger partial charge >= 0.3 is 6.36 Å². The monoisotopic (exact) mass is 400 g/mol. The fourth-order valence-electron chi connectivity index (χ4n) is 4.72. The van der Waals surface area contributed by atoms with Gasteiger partial charge in [0.15, 0.2) is 0 Å². The summed E-state index contributed by atoms with van der Waals surface area (Å²) in [5, 5.41) is 13.9. The predicted molar refractivity (Wildman–Crippen MR) is 102 cm³/mol. The maximum atomic E-state index is 12.7. The highest BCUT2D eigenvalue weighted by Gasteiger charge is 2.35. The van der Waals surface area contributed by atoms with Crippen LogP contribution in [0.25, 0.3) is 0 Å². The van der Waals surface area contributed by atoms with Gasteiger partial charge in [-0.2, -0.15) is 0 Å². The van der Waals surface area contributed by atoms with Crippen molar-refractivity contribution in [3.05, 3.63) is 29.8 Å². The number of nitrogens with zero attached hydrogens (tertiary/aromatic N) is 1. The van der Waals surface area contributed by atoms with Crippen molar-refractivity contribution in [3.8, 4) is 5.75 Å². The van der Waals surface area contributed by atoms with E-state index in [0.717, 1.165) is 63.7 Å². The second kappa shape index (κ2) is 9.46. The van der Waals surface area contributed by atoms with Crippen molar-refractivity contribution >= 4 is 0 Å². The molecule has 4 nitrogen and oxygen atoms in total. The fourth-order valence-corrected chi connectivity index (χ4v) is 4.72. The van der Waals surface area contributed by atoms with Crippen molar-refractivity contribution in [3.63, 3.8) is 0 Å². The first-order valence-corrected chi connectivity index (χ1v) is 10.3. The van der Waals surface area contributed by atoms with Gasteiger partial charge in [-0.3, -0.25) is 0 Å². The zero-order chi connectivity index (χ0) is 20.1. The molecule has 0 bridgehead atoms. The summed E-state index contributed by atoms with van der Waals surface area (Å²) in [6, 6.07) is 6.85. The number of halogens is 3. The van der Waals surface area contributed by atoms with Crippen LogP contribution in [-0.2, 0) is 0 Å². The minimum atomic E-state index is -4.70. The lowest BCUT2D eigenvalue weighted by molar-refractivity contribution is -0.274. The molecule has 7 heteroatoms. The van der Waals surface area contributed by atoms with Crippen LogP contribution >= 0.6 is 0 Å². The van der Waals surface area contributed by atoms with Gasteiger partial charge in [-0.15, -0.1) is 13.2 Å². The summed E-state index contributed by atoms with van der Waals surface area (Å²) >= 11 is 0. The van der Waals surface area contributed by atoms with Crippen molar-refractivity contribution in [2.45, 2.75) is 63.0 Å². The van der Waals surface area contributed by atoms with Gasteiger partial charge in [-0.25, -0.2) is 0 Å². The standard InChI is InChI=1S/C21H31F3N2O2/c1-25-16-9-11-26(12-10-16)14-19(18-7-2-3-8-20(18)27)15-5-4-6-17(13-15)28-21(22,23)24/h4-6,13,16,18-20,25,27H,2-3,7-12,14H2,1H3/t18?,19-,20?/m1/s1. The number of hydrogen-bond donors (Lipinski definition) is 2. The van der Waals surface area contributed by atoms with Gasteiger partial charge in [-0.05, 0) is 69.4 Å². The van der Waals surface area contributed by atoms with Crippen LogP contribution in [0.1, 0.15) is 50.0 Å². The molecule has 3 rings (SSSR count). The molecule has 2 aliphatic rings. The van der Waals surface area contributed by atoms with E-state index in [-0.39, 0.29) is 17.6 Å². The Labute approximate surface area is 165 Å². The molecule has 1 saturated heterocycles. The highest BCUT2D eigenvalue weighted by molar-refractivity contribution is 5.32. The summed E-state index contributed by atoms with van der Waals surface area (Å²) in [7, 11) is 1.98. The Bertz CT molecular complexity index is 618. The number of benzene rings is 1. The van der Waals surface area contributed by atoms with Gasteiger partial charge < -0.3 is 20.1 Å². The zero-order valence-corrected chi connectivity index (χ0v) is 16.4. The van der Waals surface area contributed by atoms with E-state index in [1.165, 1.54) is 12.1 Å². The molecule has 1 heterocycles. The molecule has 1 aromatic carbocycles. The lowest BCUT2D eigenvalue weighted by Gasteiger charge is -2.40. The average molecular weight is 400 g/mol. The quantitative estimate of drug-likeness (QED) is 0.760. The number of nitrogens with one attached hydrogen (secondary N) is 1. The van der Waals surface area contributed by atoms with Crippen LogP contribution in [0.15, 0.2) is 24.3 Å². The van der Waals surface area contributed by atoms with Gasteiger partial charge in [0.05, 0.1) is 6.10 Å². The van der Waals surface area contributed by atoms with E-state index in [4.69, 9.17) is 0 Å². The van der Waals surface area contributed by atoms with E-state index < -0.39 is 12.5 Å². The summed E-state index contributed by atoms with van der Waals surface area (Å²) < 4.78 is 42.1. The van der Waals surface area contributed by atoms with Crippen LogP contribution in [0.5, 0.6) is 5.75 Å². The average Bonchev–Trinajstić information content (AvgIpc) is 2.66. The molecule has 2 unspecified atom stereocenters. The molecule has 0 spiro atoms. The summed E-state index contributed by atoms with van der Waals surface area (Å²) in [5.41, 5.74) is 0.823. The third-order valence-electron chi connectivity index (χ3n) is 6.27. The highest BCUT2D eigenvalue weighted by Crippen LogP contribution is 2.38. The molecule has 28 heavy (non-hydrogen) atoms. The Hall–Kier alpha value is -1.31. The van der Waals surface area contributed by atoms with E-state index in [1.807, 2.05) is 13.1 Å². The first-order chi connectivity index (χ1) is 13.4. The number of ether oxygens (including phenoxy) is 1. The van der Waals surface area contributed by atoms with Crippen LogP contribution in [-0.4, -0.2) is 55.2 Å². The fraction of sp³-hybridized carbons (Fsp3) is 0.714. The van der Waals surface area contributed by atoms with Crippen LogP contribution in [0, 0.1) is 5.92 Å². The lowest BCUT2D eigenvalue weighted by Crippen LogP contribution is -2.44. The van der Waals surface area contributed by atoms with Crippen LogP contribution < -0.4 is 10.1 Å². The second-order valence-corrected chi connectivity index (χ2v) is 8.11. The van der Waals surface area contributed by atoms with E-state index in [1.54, 1.807) is 6.07 Å². The highest BCUT2D eigenvalue weighted by atomic mass is 19.4. The predicted octanol–water partition coefficient (Wildman–Crippen LogP) is 3.90. The normalized spacial score (nSPS) is 26.2. The molecular formula is C21H31F3N2O2. The molecule has 158 valence electrons. The number of likely N-dealkylation sites (tertiary alicyclic amines) is 1. The molecule has 0 aromatic heterocycles. The van der Waals surface area contributed by atoms with Gasteiger partial charge in [0, 0.05) is 18.5 Å². The Morgan fingerprint density at radius 1 is 1.18 bits per heavy atom. The summed E-state index contributed by atoms with van der Waals surface area (Å²) in [6.07, 6.45) is 0.758. The molecular weight excluding hydrogens is 369 g/mol. The summed E-state index contributed by atoms with van der Waals surface area (Å²) in [4.78, 5) is 2.39. The Kier molecular flexibility index (Phi) is 7.23. The van der Waals surface area contributed by atoms with Crippen LogP contribution in [0.2, 0.25) is 0 Å². The third-order valence-corrected chi connectivity index (χ3v) is 6.27.